The van der Waals surface area contributed by atoms with Gasteiger partial charge in [0.15, 0.2) is 0 Å². The Labute approximate surface area is 278 Å². The van der Waals surface area contributed by atoms with Crippen LogP contribution in [0.3, 0.4) is 0 Å². The van der Waals surface area contributed by atoms with Gasteiger partial charge in [-0.25, -0.2) is 0 Å². The van der Waals surface area contributed by atoms with Crippen molar-refractivity contribution in [1.82, 2.24) is 4.57 Å². The van der Waals surface area contributed by atoms with Gasteiger partial charge in [-0.1, -0.05) is 97.9 Å². The van der Waals surface area contributed by atoms with Crippen molar-refractivity contribution in [3.63, 3.8) is 0 Å². The molecule has 0 aliphatic rings. The molecule has 3 heteroatoms. The Bertz CT molecular complexity index is 2480. The number of fused-ring (bicyclic) bond motifs is 6. The predicted molar refractivity (Wildman–Crippen MR) is 203 cm³/mol. The van der Waals surface area contributed by atoms with Gasteiger partial charge < -0.3 is 9.47 Å². The van der Waals surface area contributed by atoms with Gasteiger partial charge in [-0.3, -0.25) is 0 Å². The highest BCUT2D eigenvalue weighted by atomic mass is 32.1. The van der Waals surface area contributed by atoms with E-state index >= 15 is 0 Å². The van der Waals surface area contributed by atoms with Crippen LogP contribution in [0.15, 0.2) is 164 Å². The first-order chi connectivity index (χ1) is 23.2. The van der Waals surface area contributed by atoms with Gasteiger partial charge in [-0.15, -0.1) is 11.3 Å². The fourth-order valence-electron chi connectivity index (χ4n) is 6.99. The minimum absolute atomic E-state index is 1.03. The van der Waals surface area contributed by atoms with Crippen molar-refractivity contribution >= 4 is 70.4 Å². The molecule has 0 saturated carbocycles. The van der Waals surface area contributed by atoms with E-state index in [1.165, 1.54) is 64.4 Å². The van der Waals surface area contributed by atoms with Crippen molar-refractivity contribution in [3.05, 3.63) is 169 Å². The highest BCUT2D eigenvalue weighted by molar-refractivity contribution is 7.25. The number of aromatic nitrogens is 1. The van der Waals surface area contributed by atoms with Gasteiger partial charge in [0.1, 0.15) is 0 Å². The summed E-state index contributed by atoms with van der Waals surface area (Å²) in [4.78, 5) is 2.38. The van der Waals surface area contributed by atoms with Crippen molar-refractivity contribution in [3.8, 4) is 16.8 Å². The second-order valence-electron chi connectivity index (χ2n) is 12.1. The molecular formula is C44H32N2S. The van der Waals surface area contributed by atoms with Crippen molar-refractivity contribution in [1.29, 1.82) is 0 Å². The Balaban J connectivity index is 1.09. The Morgan fingerprint density at radius 3 is 1.62 bits per heavy atom. The summed E-state index contributed by atoms with van der Waals surface area (Å²) in [5, 5.41) is 5.18. The molecule has 2 aromatic heterocycles. The summed E-state index contributed by atoms with van der Waals surface area (Å²) in [6.45, 7) is 2.20. The second kappa shape index (κ2) is 11.3. The van der Waals surface area contributed by atoms with E-state index in [-0.39, 0.29) is 0 Å². The molecule has 0 aliphatic heterocycles. The van der Waals surface area contributed by atoms with Crippen LogP contribution >= 0.6 is 11.3 Å². The van der Waals surface area contributed by atoms with Crippen LogP contribution in [-0.4, -0.2) is 4.57 Å². The van der Waals surface area contributed by atoms with E-state index in [9.17, 15) is 0 Å². The van der Waals surface area contributed by atoms with Gasteiger partial charge in [0.05, 0.1) is 11.0 Å². The standard InChI is InChI=1S/C44H32N2S/c1-2-30-15-21-33(22-16-30)45(36-27-28-44-40(29-36)39-11-5-8-14-43(39)47-44)34-23-17-31(18-24-34)32-19-25-35(26-20-32)46-41-12-6-3-9-37(41)38-10-4-7-13-42(38)46/h3-29H,2H2,1H3. The van der Waals surface area contributed by atoms with E-state index in [1.807, 2.05) is 11.3 Å². The molecule has 0 spiro atoms. The summed E-state index contributed by atoms with van der Waals surface area (Å²) in [7, 11) is 0. The number of nitrogens with zero attached hydrogens (tertiary/aromatic N) is 2. The molecule has 0 N–H and O–H groups in total. The molecule has 0 bridgehead atoms. The minimum atomic E-state index is 1.03. The third kappa shape index (κ3) is 4.70. The van der Waals surface area contributed by atoms with Crippen LogP contribution in [0.25, 0.3) is 58.8 Å². The number of para-hydroxylation sites is 2. The molecule has 9 rings (SSSR count). The smallest absolute Gasteiger partial charge is 0.0541 e. The maximum atomic E-state index is 2.38. The SMILES string of the molecule is CCc1ccc(N(c2ccc(-c3ccc(-n4c5ccccc5c5ccccc54)cc3)cc2)c2ccc3sc4ccccc4c3c2)cc1. The van der Waals surface area contributed by atoms with E-state index in [1.54, 1.807) is 0 Å². The van der Waals surface area contributed by atoms with Crippen molar-refractivity contribution < 1.29 is 0 Å². The van der Waals surface area contributed by atoms with Crippen molar-refractivity contribution in [2.75, 3.05) is 4.90 Å². The Morgan fingerprint density at radius 1 is 0.468 bits per heavy atom. The summed E-state index contributed by atoms with van der Waals surface area (Å²) < 4.78 is 5.01. The minimum Gasteiger partial charge on any atom is -0.310 e. The Kier molecular flexibility index (Phi) is 6.65. The molecule has 2 nitrogen and oxygen atoms in total. The lowest BCUT2D eigenvalue weighted by Gasteiger charge is -2.26. The maximum absolute atomic E-state index is 2.38. The van der Waals surface area contributed by atoms with Crippen LogP contribution in [-0.2, 0) is 6.42 Å². The highest BCUT2D eigenvalue weighted by Crippen LogP contribution is 2.41. The van der Waals surface area contributed by atoms with Crippen LogP contribution in [0.2, 0.25) is 0 Å². The van der Waals surface area contributed by atoms with Gasteiger partial charge in [-0.2, -0.15) is 0 Å². The van der Waals surface area contributed by atoms with Gasteiger partial charge in [-0.05, 0) is 95.9 Å². The molecule has 2 heterocycles. The molecule has 0 atom stereocenters. The van der Waals surface area contributed by atoms with Gasteiger partial charge in [0.25, 0.3) is 0 Å². The van der Waals surface area contributed by atoms with Crippen molar-refractivity contribution in [2.45, 2.75) is 13.3 Å². The molecule has 47 heavy (non-hydrogen) atoms. The lowest BCUT2D eigenvalue weighted by Crippen LogP contribution is -2.09. The summed E-state index contributed by atoms with van der Waals surface area (Å²) >= 11 is 1.86. The quantitative estimate of drug-likeness (QED) is 0.180. The van der Waals surface area contributed by atoms with E-state index in [2.05, 4.69) is 180 Å². The van der Waals surface area contributed by atoms with Gasteiger partial charge >= 0.3 is 0 Å². The second-order valence-corrected chi connectivity index (χ2v) is 13.2. The average molecular weight is 621 g/mol. The Hall–Kier alpha value is -5.64. The van der Waals surface area contributed by atoms with E-state index < -0.39 is 0 Å². The normalized spacial score (nSPS) is 11.6. The number of hydrogen-bond donors (Lipinski definition) is 0. The van der Waals surface area contributed by atoms with Crippen LogP contribution in [0.4, 0.5) is 17.1 Å². The fourth-order valence-corrected chi connectivity index (χ4v) is 8.07. The predicted octanol–water partition coefficient (Wildman–Crippen LogP) is 12.9. The maximum Gasteiger partial charge on any atom is 0.0541 e. The van der Waals surface area contributed by atoms with Crippen LogP contribution < -0.4 is 4.90 Å². The van der Waals surface area contributed by atoms with Crippen molar-refractivity contribution in [2.24, 2.45) is 0 Å². The summed E-state index contributed by atoms with van der Waals surface area (Å²) in [6.07, 6.45) is 1.03. The van der Waals surface area contributed by atoms with Gasteiger partial charge in [0, 0.05) is 53.7 Å². The number of benzene rings is 7. The molecule has 0 amide bonds. The third-order valence-electron chi connectivity index (χ3n) is 9.39. The fraction of sp³-hybridized carbons (Fsp3) is 0.0455. The molecule has 0 saturated heterocycles. The molecule has 224 valence electrons. The largest absolute Gasteiger partial charge is 0.310 e. The number of thiophene rings is 1. The number of anilines is 3. The highest BCUT2D eigenvalue weighted by Gasteiger charge is 2.16. The van der Waals surface area contributed by atoms with Crippen LogP contribution in [0.1, 0.15) is 12.5 Å². The van der Waals surface area contributed by atoms with E-state index in [4.69, 9.17) is 0 Å². The molecule has 0 fully saturated rings. The monoisotopic (exact) mass is 620 g/mol. The molecule has 0 radical (unpaired) electrons. The summed E-state index contributed by atoms with van der Waals surface area (Å²) in [5.41, 5.74) is 10.8. The number of rotatable bonds is 6. The zero-order valence-electron chi connectivity index (χ0n) is 26.1. The molecular weight excluding hydrogens is 589 g/mol. The van der Waals surface area contributed by atoms with Gasteiger partial charge in [0.2, 0.25) is 0 Å². The van der Waals surface area contributed by atoms with Crippen LogP contribution in [0, 0.1) is 0 Å². The summed E-state index contributed by atoms with van der Waals surface area (Å²) in [6, 6.07) is 59.9. The molecule has 9 aromatic rings. The first kappa shape index (κ1) is 27.7. The molecule has 0 aliphatic carbocycles. The summed E-state index contributed by atoms with van der Waals surface area (Å²) in [5.74, 6) is 0. The number of aryl methyl sites for hydroxylation is 1. The topological polar surface area (TPSA) is 8.17 Å². The van der Waals surface area contributed by atoms with E-state index in [0.717, 1.165) is 23.5 Å². The molecule has 0 unspecified atom stereocenters. The zero-order chi connectivity index (χ0) is 31.3. The van der Waals surface area contributed by atoms with E-state index in [0.29, 0.717) is 0 Å². The third-order valence-corrected chi connectivity index (χ3v) is 10.5. The lowest BCUT2D eigenvalue weighted by atomic mass is 10.0. The Morgan fingerprint density at radius 2 is 0.979 bits per heavy atom. The lowest BCUT2D eigenvalue weighted by molar-refractivity contribution is 1.14. The van der Waals surface area contributed by atoms with Crippen LogP contribution in [0.5, 0.6) is 0 Å². The first-order valence-electron chi connectivity index (χ1n) is 16.2. The number of hydrogen-bond acceptors (Lipinski definition) is 2. The zero-order valence-corrected chi connectivity index (χ0v) is 26.9. The first-order valence-corrected chi connectivity index (χ1v) is 17.1. The average Bonchev–Trinajstić information content (AvgIpc) is 3.68. The molecule has 7 aromatic carbocycles.